The Balaban J connectivity index is 1.44. The van der Waals surface area contributed by atoms with Gasteiger partial charge >= 0.3 is 0 Å². The van der Waals surface area contributed by atoms with Crippen molar-refractivity contribution in [3.63, 3.8) is 0 Å². The number of methoxy groups -OCH3 is 1. The zero-order valence-electron chi connectivity index (χ0n) is 21.9. The molecule has 8 heteroatoms. The van der Waals surface area contributed by atoms with E-state index < -0.39 is 11.0 Å². The number of carbonyl (C=O) groups excluding carboxylic acids is 1. The van der Waals surface area contributed by atoms with Gasteiger partial charge in [0.1, 0.15) is 6.10 Å². The summed E-state index contributed by atoms with van der Waals surface area (Å²) in [6.07, 6.45) is 6.23. The minimum Gasteiger partial charge on any atom is -0.493 e. The van der Waals surface area contributed by atoms with E-state index in [1.807, 2.05) is 28.5 Å². The van der Waals surface area contributed by atoms with Gasteiger partial charge in [0.05, 0.1) is 24.2 Å². The third-order valence-electron chi connectivity index (χ3n) is 9.13. The average Bonchev–Trinajstić information content (AvgIpc) is 3.44. The molecule has 1 N–H and O–H groups in total. The summed E-state index contributed by atoms with van der Waals surface area (Å²) >= 11 is 5.10. The highest BCUT2D eigenvalue weighted by atomic mass is 79.9. The van der Waals surface area contributed by atoms with Gasteiger partial charge in [-0.1, -0.05) is 19.9 Å². The van der Waals surface area contributed by atoms with Crippen LogP contribution in [0.15, 0.2) is 34.1 Å². The Morgan fingerprint density at radius 1 is 1.41 bits per heavy atom. The van der Waals surface area contributed by atoms with Gasteiger partial charge in [-0.25, -0.2) is 0 Å². The van der Waals surface area contributed by atoms with Gasteiger partial charge in [0, 0.05) is 39.0 Å². The van der Waals surface area contributed by atoms with Crippen LogP contribution in [0.1, 0.15) is 49.1 Å². The Kier molecular flexibility index (Phi) is 6.26. The van der Waals surface area contributed by atoms with Crippen LogP contribution in [0.4, 0.5) is 0 Å². The summed E-state index contributed by atoms with van der Waals surface area (Å²) in [7, 11) is 3.80. The summed E-state index contributed by atoms with van der Waals surface area (Å²) in [6.45, 7) is 5.83. The number of thiophene rings is 1. The number of carbonyl (C=O) groups is 1. The third kappa shape index (κ3) is 3.66. The summed E-state index contributed by atoms with van der Waals surface area (Å²) in [5, 5.41) is 14.6. The van der Waals surface area contributed by atoms with E-state index in [2.05, 4.69) is 47.8 Å². The molecule has 2 aliphatic carbocycles. The molecule has 37 heavy (non-hydrogen) atoms. The van der Waals surface area contributed by atoms with E-state index in [1.165, 1.54) is 5.56 Å². The number of ether oxygens (including phenoxy) is 2. The largest absolute Gasteiger partial charge is 0.493 e. The summed E-state index contributed by atoms with van der Waals surface area (Å²) in [4.78, 5) is 19.2. The molecule has 5 atom stereocenters. The minimum atomic E-state index is -0.905. The molecule has 1 saturated heterocycles. The van der Waals surface area contributed by atoms with Crippen molar-refractivity contribution in [3.8, 4) is 11.5 Å². The van der Waals surface area contributed by atoms with Crippen LogP contribution in [0.25, 0.3) is 6.08 Å². The molecule has 0 radical (unpaired) electrons. The first-order chi connectivity index (χ1) is 17.7. The van der Waals surface area contributed by atoms with E-state index in [9.17, 15) is 9.90 Å². The van der Waals surface area contributed by atoms with E-state index >= 15 is 0 Å². The monoisotopic (exact) mass is 586 g/mol. The second kappa shape index (κ2) is 9.11. The number of halogens is 1. The van der Waals surface area contributed by atoms with Crippen LogP contribution in [-0.2, 0) is 16.6 Å². The molecule has 2 aliphatic heterocycles. The highest BCUT2D eigenvalue weighted by Crippen LogP contribution is 2.65. The third-order valence-corrected chi connectivity index (χ3v) is 10.8. The van der Waals surface area contributed by atoms with Crippen molar-refractivity contribution >= 4 is 39.2 Å². The van der Waals surface area contributed by atoms with Crippen LogP contribution < -0.4 is 9.47 Å². The smallest absolute Gasteiger partial charge is 0.246 e. The number of likely N-dealkylation sites (tertiary alicyclic amines) is 1. The Labute approximate surface area is 231 Å². The highest BCUT2D eigenvalue weighted by molar-refractivity contribution is 9.10. The number of piperidine rings is 1. The first-order valence-electron chi connectivity index (χ1n) is 13.2. The summed E-state index contributed by atoms with van der Waals surface area (Å²) in [5.41, 5.74) is 0.911. The second-order valence-corrected chi connectivity index (χ2v) is 13.4. The lowest BCUT2D eigenvalue weighted by Crippen LogP contribution is -2.78. The number of amides is 1. The molecule has 2 fully saturated rings. The zero-order valence-corrected chi connectivity index (χ0v) is 24.3. The molecule has 1 amide bonds. The van der Waals surface area contributed by atoms with E-state index in [1.54, 1.807) is 24.5 Å². The van der Waals surface area contributed by atoms with Crippen molar-refractivity contribution in [2.24, 2.45) is 5.92 Å². The van der Waals surface area contributed by atoms with Crippen molar-refractivity contribution < 1.29 is 19.4 Å². The average molecular weight is 588 g/mol. The number of benzene rings is 1. The highest BCUT2D eigenvalue weighted by Gasteiger charge is 2.73. The van der Waals surface area contributed by atoms with Crippen LogP contribution in [0.5, 0.6) is 11.5 Å². The van der Waals surface area contributed by atoms with Crippen molar-refractivity contribution in [1.82, 2.24) is 9.80 Å². The summed E-state index contributed by atoms with van der Waals surface area (Å²) in [6, 6.07) is 6.07. The Morgan fingerprint density at radius 3 is 2.92 bits per heavy atom. The molecular formula is C29H35BrN2O4S. The fraction of sp³-hybridized carbons (Fsp3) is 0.552. The minimum absolute atomic E-state index is 0.00269. The number of hydrogen-bond acceptors (Lipinski definition) is 6. The first kappa shape index (κ1) is 25.4. The molecule has 6 nitrogen and oxygen atoms in total. The maximum atomic E-state index is 13.8. The van der Waals surface area contributed by atoms with Crippen LogP contribution >= 0.6 is 27.3 Å². The van der Waals surface area contributed by atoms with E-state index in [-0.39, 0.29) is 24.1 Å². The lowest BCUT2D eigenvalue weighted by atomic mass is 9.48. The van der Waals surface area contributed by atoms with Crippen LogP contribution in [-0.4, -0.2) is 71.8 Å². The molecule has 3 heterocycles. The SMILES string of the molecule is COc1ccc2c3c1O[C@H]1[C@H](N(CC(C)C)C(=O)/C=C/c4cc(Br)cs4)CC[C@@]4(O)[C@@H](C2)N(C)CC[C@]314. The second-order valence-electron chi connectivity index (χ2n) is 11.5. The fourth-order valence-corrected chi connectivity index (χ4v) is 8.98. The lowest BCUT2D eigenvalue weighted by Gasteiger charge is -2.64. The molecule has 4 aliphatic rings. The maximum Gasteiger partial charge on any atom is 0.246 e. The van der Waals surface area contributed by atoms with Gasteiger partial charge in [0.25, 0.3) is 0 Å². The van der Waals surface area contributed by atoms with Crippen molar-refractivity contribution in [1.29, 1.82) is 0 Å². The predicted molar refractivity (Wildman–Crippen MR) is 149 cm³/mol. The zero-order chi connectivity index (χ0) is 26.1. The molecule has 1 aromatic carbocycles. The number of likely N-dealkylation sites (N-methyl/N-ethyl adjacent to an activating group) is 1. The summed E-state index contributed by atoms with van der Waals surface area (Å²) < 4.78 is 13.6. The Morgan fingerprint density at radius 2 is 2.22 bits per heavy atom. The van der Waals surface area contributed by atoms with Crippen LogP contribution in [0.3, 0.4) is 0 Å². The van der Waals surface area contributed by atoms with Crippen molar-refractivity contribution in [2.75, 3.05) is 27.2 Å². The van der Waals surface area contributed by atoms with Crippen molar-refractivity contribution in [2.45, 2.75) is 68.7 Å². The van der Waals surface area contributed by atoms with E-state index in [0.717, 1.165) is 40.0 Å². The van der Waals surface area contributed by atoms with Gasteiger partial charge in [-0.05, 0) is 84.9 Å². The predicted octanol–water partition coefficient (Wildman–Crippen LogP) is 4.87. The standard InChI is InChI=1S/C29H35BrN2O4S/c1-17(2)15-32(24(33)8-6-20-14-19(30)16-37-20)21-9-10-29(34)23-13-18-5-7-22(35-4)26-25(18)28(29,27(21)36-26)11-12-31(23)3/h5-8,14,16-17,21,23,27,34H,9-13,15H2,1-4H3/b8-6+/t21-,23-,27+,28+,29-/m1/s1. The molecule has 1 aromatic heterocycles. The van der Waals surface area contributed by atoms with E-state index in [0.29, 0.717) is 31.1 Å². The number of nitrogens with zero attached hydrogens (tertiary/aromatic N) is 2. The molecule has 198 valence electrons. The normalized spacial score (nSPS) is 31.9. The maximum absolute atomic E-state index is 13.8. The molecular weight excluding hydrogens is 552 g/mol. The van der Waals surface area contributed by atoms with Gasteiger partial charge in [0.15, 0.2) is 11.5 Å². The molecule has 1 spiro atoms. The van der Waals surface area contributed by atoms with Gasteiger partial charge in [-0.3, -0.25) is 4.79 Å². The quantitative estimate of drug-likeness (QED) is 0.489. The lowest BCUT2D eigenvalue weighted by molar-refractivity contribution is -0.197. The van der Waals surface area contributed by atoms with Gasteiger partial charge in [0.2, 0.25) is 5.91 Å². The number of aliphatic hydroxyl groups is 1. The number of rotatable bonds is 6. The Hall–Kier alpha value is -1.87. The van der Waals surface area contributed by atoms with Gasteiger partial charge in [-0.15, -0.1) is 11.3 Å². The molecule has 2 bridgehead atoms. The Bertz CT molecular complexity index is 1260. The topological polar surface area (TPSA) is 62.2 Å². The first-order valence-corrected chi connectivity index (χ1v) is 14.9. The van der Waals surface area contributed by atoms with Crippen LogP contribution in [0.2, 0.25) is 0 Å². The molecule has 6 rings (SSSR count). The van der Waals surface area contributed by atoms with Crippen molar-refractivity contribution in [3.05, 3.63) is 50.1 Å². The summed E-state index contributed by atoms with van der Waals surface area (Å²) in [5.74, 6) is 1.79. The molecule has 2 aromatic rings. The fourth-order valence-electron chi connectivity index (χ4n) is 7.64. The van der Waals surface area contributed by atoms with Gasteiger partial charge < -0.3 is 24.4 Å². The number of hydrogen-bond donors (Lipinski definition) is 1. The van der Waals surface area contributed by atoms with E-state index in [4.69, 9.17) is 9.47 Å². The van der Waals surface area contributed by atoms with Gasteiger partial charge in [-0.2, -0.15) is 0 Å². The van der Waals surface area contributed by atoms with Crippen LogP contribution in [0, 0.1) is 5.92 Å². The molecule has 1 saturated carbocycles. The molecule has 0 unspecified atom stereocenters.